The summed E-state index contributed by atoms with van der Waals surface area (Å²) in [6.45, 7) is 0. The zero-order valence-electron chi connectivity index (χ0n) is 16.9. The van der Waals surface area contributed by atoms with E-state index in [-0.39, 0.29) is 5.28 Å². The molecular formula is C27H16ClN3O. The van der Waals surface area contributed by atoms with Gasteiger partial charge in [0.2, 0.25) is 5.28 Å². The van der Waals surface area contributed by atoms with Crippen LogP contribution in [0.25, 0.3) is 55.8 Å². The van der Waals surface area contributed by atoms with Crippen molar-refractivity contribution in [3.05, 3.63) is 102 Å². The molecule has 6 rings (SSSR count). The highest BCUT2D eigenvalue weighted by Crippen LogP contribution is 2.37. The van der Waals surface area contributed by atoms with Crippen LogP contribution in [0.2, 0.25) is 5.28 Å². The SMILES string of the molecule is Clc1nc(-c2ccccc2)nc(-c2cccc(-c3cccc4oc5ccccc5c34)c2)n1. The van der Waals surface area contributed by atoms with E-state index in [2.05, 4.69) is 39.2 Å². The fourth-order valence-corrected chi connectivity index (χ4v) is 4.20. The average Bonchev–Trinajstić information content (AvgIpc) is 3.23. The summed E-state index contributed by atoms with van der Waals surface area (Å²) in [5, 5.41) is 2.36. The number of hydrogen-bond acceptors (Lipinski definition) is 4. The van der Waals surface area contributed by atoms with Gasteiger partial charge in [0.15, 0.2) is 11.6 Å². The molecule has 0 aliphatic carbocycles. The molecule has 0 fully saturated rings. The largest absolute Gasteiger partial charge is 0.456 e. The van der Waals surface area contributed by atoms with Gasteiger partial charge in [0, 0.05) is 21.9 Å². The van der Waals surface area contributed by atoms with Crippen LogP contribution in [0.15, 0.2) is 101 Å². The normalized spacial score (nSPS) is 11.3. The summed E-state index contributed by atoms with van der Waals surface area (Å²) < 4.78 is 6.06. The molecule has 0 aliphatic rings. The van der Waals surface area contributed by atoms with Crippen molar-refractivity contribution in [3.8, 4) is 33.9 Å². The molecule has 0 bridgehead atoms. The number of rotatable bonds is 3. The molecular weight excluding hydrogens is 418 g/mol. The lowest BCUT2D eigenvalue weighted by Crippen LogP contribution is -1.97. The number of halogens is 1. The summed E-state index contributed by atoms with van der Waals surface area (Å²) in [4.78, 5) is 13.4. The van der Waals surface area contributed by atoms with Gasteiger partial charge in [-0.05, 0) is 40.9 Å². The van der Waals surface area contributed by atoms with Gasteiger partial charge in [-0.25, -0.2) is 4.98 Å². The lowest BCUT2D eigenvalue weighted by atomic mass is 9.98. The second-order valence-corrected chi connectivity index (χ2v) is 7.81. The molecule has 4 nitrogen and oxygen atoms in total. The van der Waals surface area contributed by atoms with Gasteiger partial charge in [-0.2, -0.15) is 9.97 Å². The van der Waals surface area contributed by atoms with Crippen molar-refractivity contribution in [3.63, 3.8) is 0 Å². The Hall–Kier alpha value is -4.02. The maximum absolute atomic E-state index is 6.26. The molecule has 0 N–H and O–H groups in total. The van der Waals surface area contributed by atoms with E-state index in [4.69, 9.17) is 16.0 Å². The van der Waals surface area contributed by atoms with E-state index in [1.807, 2.05) is 72.8 Å². The molecule has 32 heavy (non-hydrogen) atoms. The first-order chi connectivity index (χ1) is 15.8. The van der Waals surface area contributed by atoms with Gasteiger partial charge in [0.05, 0.1) is 0 Å². The first-order valence-corrected chi connectivity index (χ1v) is 10.6. The van der Waals surface area contributed by atoms with Crippen molar-refractivity contribution >= 4 is 33.5 Å². The van der Waals surface area contributed by atoms with Crippen LogP contribution in [-0.2, 0) is 0 Å². The Morgan fingerprint density at radius 1 is 0.562 bits per heavy atom. The maximum atomic E-state index is 6.26. The molecule has 5 heteroatoms. The molecule has 4 aromatic carbocycles. The summed E-state index contributed by atoms with van der Waals surface area (Å²) in [5.41, 5.74) is 5.65. The number of nitrogens with zero attached hydrogens (tertiary/aromatic N) is 3. The zero-order valence-corrected chi connectivity index (χ0v) is 17.6. The zero-order chi connectivity index (χ0) is 21.5. The molecule has 0 radical (unpaired) electrons. The van der Waals surface area contributed by atoms with E-state index in [1.165, 1.54) is 0 Å². The van der Waals surface area contributed by atoms with Gasteiger partial charge in [0.1, 0.15) is 11.2 Å². The molecule has 152 valence electrons. The molecule has 2 heterocycles. The minimum Gasteiger partial charge on any atom is -0.456 e. The molecule has 0 aliphatic heterocycles. The number of hydrogen-bond donors (Lipinski definition) is 0. The van der Waals surface area contributed by atoms with Crippen molar-refractivity contribution in [1.29, 1.82) is 0 Å². The fourth-order valence-electron chi connectivity index (χ4n) is 4.04. The Balaban J connectivity index is 1.51. The predicted octanol–water partition coefficient (Wildman–Crippen LogP) is 7.43. The summed E-state index contributed by atoms with van der Waals surface area (Å²) in [7, 11) is 0. The predicted molar refractivity (Wildman–Crippen MR) is 128 cm³/mol. The lowest BCUT2D eigenvalue weighted by molar-refractivity contribution is 0.669. The Morgan fingerprint density at radius 2 is 1.22 bits per heavy atom. The Bertz CT molecular complexity index is 1590. The van der Waals surface area contributed by atoms with E-state index in [1.54, 1.807) is 0 Å². The Morgan fingerprint density at radius 3 is 2.09 bits per heavy atom. The average molecular weight is 434 g/mol. The molecule has 6 aromatic rings. The van der Waals surface area contributed by atoms with Crippen molar-refractivity contribution in [2.75, 3.05) is 0 Å². The minimum absolute atomic E-state index is 0.169. The van der Waals surface area contributed by atoms with E-state index < -0.39 is 0 Å². The number of furan rings is 1. The molecule has 0 saturated heterocycles. The number of fused-ring (bicyclic) bond motifs is 3. The number of aromatic nitrogens is 3. The van der Waals surface area contributed by atoms with Gasteiger partial charge < -0.3 is 4.42 Å². The minimum atomic E-state index is 0.169. The molecule has 0 saturated carbocycles. The van der Waals surface area contributed by atoms with Crippen LogP contribution in [0.1, 0.15) is 0 Å². The van der Waals surface area contributed by atoms with Gasteiger partial charge in [0.25, 0.3) is 0 Å². The van der Waals surface area contributed by atoms with Crippen molar-refractivity contribution in [2.24, 2.45) is 0 Å². The van der Waals surface area contributed by atoms with Crippen LogP contribution in [-0.4, -0.2) is 15.0 Å². The maximum Gasteiger partial charge on any atom is 0.226 e. The second kappa shape index (κ2) is 7.59. The fraction of sp³-hybridized carbons (Fsp3) is 0. The summed E-state index contributed by atoms with van der Waals surface area (Å²) in [6.07, 6.45) is 0. The van der Waals surface area contributed by atoms with Crippen molar-refractivity contribution in [1.82, 2.24) is 15.0 Å². The quantitative estimate of drug-likeness (QED) is 0.291. The standard InChI is InChI=1S/C27H16ClN3O/c28-27-30-25(17-8-2-1-3-9-17)29-26(31-27)19-11-6-10-18(16-19)20-13-7-15-23-24(20)21-12-4-5-14-22(21)32-23/h1-16H. The van der Waals surface area contributed by atoms with E-state index in [0.29, 0.717) is 11.6 Å². The molecule has 0 unspecified atom stereocenters. The van der Waals surface area contributed by atoms with Crippen molar-refractivity contribution in [2.45, 2.75) is 0 Å². The van der Waals surface area contributed by atoms with Crippen LogP contribution in [0, 0.1) is 0 Å². The van der Waals surface area contributed by atoms with Crippen LogP contribution >= 0.6 is 11.6 Å². The summed E-state index contributed by atoms with van der Waals surface area (Å²) in [5.74, 6) is 1.09. The lowest BCUT2D eigenvalue weighted by Gasteiger charge is -2.08. The van der Waals surface area contributed by atoms with Crippen LogP contribution < -0.4 is 0 Å². The van der Waals surface area contributed by atoms with E-state index in [9.17, 15) is 0 Å². The summed E-state index contributed by atoms with van der Waals surface area (Å²) >= 11 is 6.26. The third-order valence-electron chi connectivity index (χ3n) is 5.47. The first-order valence-electron chi connectivity index (χ1n) is 10.2. The first kappa shape index (κ1) is 18.7. The van der Waals surface area contributed by atoms with E-state index >= 15 is 0 Å². The van der Waals surface area contributed by atoms with Gasteiger partial charge in [-0.1, -0.05) is 78.9 Å². The Labute approximate surface area is 189 Å². The van der Waals surface area contributed by atoms with Crippen LogP contribution in [0.5, 0.6) is 0 Å². The number of para-hydroxylation sites is 1. The van der Waals surface area contributed by atoms with Crippen LogP contribution in [0.3, 0.4) is 0 Å². The van der Waals surface area contributed by atoms with Gasteiger partial charge in [-0.15, -0.1) is 0 Å². The monoisotopic (exact) mass is 433 g/mol. The highest BCUT2D eigenvalue weighted by Gasteiger charge is 2.14. The molecule has 0 amide bonds. The summed E-state index contributed by atoms with van der Waals surface area (Å²) in [6, 6.07) is 32.1. The van der Waals surface area contributed by atoms with Crippen molar-refractivity contribution < 1.29 is 4.42 Å². The smallest absolute Gasteiger partial charge is 0.226 e. The second-order valence-electron chi connectivity index (χ2n) is 7.48. The molecule has 0 spiro atoms. The third-order valence-corrected chi connectivity index (χ3v) is 5.64. The third kappa shape index (κ3) is 3.22. The molecule has 2 aromatic heterocycles. The van der Waals surface area contributed by atoms with Crippen LogP contribution in [0.4, 0.5) is 0 Å². The highest BCUT2D eigenvalue weighted by molar-refractivity contribution is 6.28. The topological polar surface area (TPSA) is 51.8 Å². The highest BCUT2D eigenvalue weighted by atomic mass is 35.5. The molecule has 0 atom stereocenters. The van der Waals surface area contributed by atoms with E-state index in [0.717, 1.165) is 44.2 Å². The Kier molecular flexibility index (Phi) is 4.44. The number of benzene rings is 4. The van der Waals surface area contributed by atoms with Gasteiger partial charge >= 0.3 is 0 Å². The van der Waals surface area contributed by atoms with Gasteiger partial charge in [-0.3, -0.25) is 0 Å².